The predicted octanol–water partition coefficient (Wildman–Crippen LogP) is 3.04. The van der Waals surface area contributed by atoms with Crippen molar-refractivity contribution in [3.05, 3.63) is 46.8 Å². The normalized spacial score (nSPS) is 24.1. The highest BCUT2D eigenvalue weighted by atomic mass is 16.7. The SMILES string of the molecule is C=CCCCCC(=O)Nc1cc2ccc(O[C@@H]3OC(C)(C)[C@H](OC)[C@@H](O)[C@H]3O)c(C)c2oc1=O. The monoisotopic (exact) mass is 475 g/mol. The average Bonchev–Trinajstić information content (AvgIpc) is 2.78. The lowest BCUT2D eigenvalue weighted by molar-refractivity contribution is -0.306. The molecule has 34 heavy (non-hydrogen) atoms. The molecule has 1 saturated heterocycles. The van der Waals surface area contributed by atoms with Crippen LogP contribution in [0, 0.1) is 6.92 Å². The van der Waals surface area contributed by atoms with Crippen LogP contribution in [0.2, 0.25) is 0 Å². The van der Waals surface area contributed by atoms with Gasteiger partial charge in [0.25, 0.3) is 0 Å². The molecule has 1 aliphatic rings. The van der Waals surface area contributed by atoms with Crippen LogP contribution in [0.25, 0.3) is 11.0 Å². The Morgan fingerprint density at radius 1 is 1.26 bits per heavy atom. The number of carbonyl (C=O) groups is 1. The second kappa shape index (κ2) is 10.7. The van der Waals surface area contributed by atoms with Gasteiger partial charge in [0.05, 0.1) is 5.60 Å². The molecule has 1 fully saturated rings. The van der Waals surface area contributed by atoms with Gasteiger partial charge in [-0.05, 0) is 58.2 Å². The van der Waals surface area contributed by atoms with Gasteiger partial charge in [0.1, 0.15) is 35.3 Å². The van der Waals surface area contributed by atoms with E-state index in [1.807, 2.05) is 0 Å². The number of hydrogen-bond acceptors (Lipinski definition) is 8. The van der Waals surface area contributed by atoms with Gasteiger partial charge in [-0.2, -0.15) is 0 Å². The molecule has 0 spiro atoms. The Labute approximate surface area is 198 Å². The fourth-order valence-electron chi connectivity index (χ4n) is 4.14. The summed E-state index contributed by atoms with van der Waals surface area (Å²) in [5, 5.41) is 24.1. The molecule has 1 amide bonds. The summed E-state index contributed by atoms with van der Waals surface area (Å²) in [5.74, 6) is 0.0592. The molecular weight excluding hydrogens is 442 g/mol. The summed E-state index contributed by atoms with van der Waals surface area (Å²) in [7, 11) is 1.43. The zero-order valence-corrected chi connectivity index (χ0v) is 20.0. The summed E-state index contributed by atoms with van der Waals surface area (Å²) in [6.45, 7) is 8.81. The third kappa shape index (κ3) is 5.50. The van der Waals surface area contributed by atoms with E-state index >= 15 is 0 Å². The second-order valence-corrected chi connectivity index (χ2v) is 8.98. The maximum absolute atomic E-state index is 12.5. The number of allylic oxidation sites excluding steroid dienone is 1. The molecule has 2 aromatic rings. The molecule has 3 N–H and O–H groups in total. The Hall–Kier alpha value is -2.72. The van der Waals surface area contributed by atoms with Gasteiger partial charge in [-0.25, -0.2) is 4.79 Å². The first kappa shape index (κ1) is 25.9. The molecule has 1 aromatic carbocycles. The fourth-order valence-corrected chi connectivity index (χ4v) is 4.14. The van der Waals surface area contributed by atoms with Crippen LogP contribution in [0.1, 0.15) is 45.1 Å². The zero-order chi connectivity index (χ0) is 25.0. The van der Waals surface area contributed by atoms with Crippen LogP contribution in [0.15, 0.2) is 40.1 Å². The van der Waals surface area contributed by atoms with Crippen molar-refractivity contribution >= 4 is 22.6 Å². The first-order valence-corrected chi connectivity index (χ1v) is 11.3. The molecule has 0 bridgehead atoms. The van der Waals surface area contributed by atoms with E-state index in [0.29, 0.717) is 29.5 Å². The van der Waals surface area contributed by atoms with Crippen LogP contribution in [0.3, 0.4) is 0 Å². The number of carbonyl (C=O) groups excluding carboxylic acids is 1. The van der Waals surface area contributed by atoms with Crippen molar-refractivity contribution in [3.8, 4) is 5.75 Å². The smallest absolute Gasteiger partial charge is 0.360 e. The molecule has 2 heterocycles. The van der Waals surface area contributed by atoms with Crippen LogP contribution in [0.4, 0.5) is 5.69 Å². The molecule has 3 rings (SSSR count). The maximum atomic E-state index is 12.5. The standard InChI is InChI=1S/C25H33NO8/c1-6-7-8-9-10-18(27)26-16-13-15-11-12-17(14(2)21(15)33-23(16)30)32-24-20(29)19(28)22(31-5)25(3,4)34-24/h6,11-13,19-20,22,24,28-29H,1,7-10H2,2-5H3,(H,26,27)/t19-,20+,22+,24+/m0/s1. The molecule has 0 aliphatic carbocycles. The van der Waals surface area contributed by atoms with E-state index in [1.165, 1.54) is 7.11 Å². The number of aryl methyl sites for hydroxylation is 1. The Morgan fingerprint density at radius 2 is 2.00 bits per heavy atom. The molecule has 9 nitrogen and oxygen atoms in total. The minimum absolute atomic E-state index is 0.0656. The largest absolute Gasteiger partial charge is 0.462 e. The van der Waals surface area contributed by atoms with E-state index in [9.17, 15) is 19.8 Å². The van der Waals surface area contributed by atoms with Crippen molar-refractivity contribution in [2.24, 2.45) is 0 Å². The van der Waals surface area contributed by atoms with E-state index in [4.69, 9.17) is 18.6 Å². The Bertz CT molecular complexity index is 1090. The van der Waals surface area contributed by atoms with Crippen LogP contribution in [-0.2, 0) is 14.3 Å². The van der Waals surface area contributed by atoms with Crippen LogP contribution in [0.5, 0.6) is 5.75 Å². The molecule has 1 aromatic heterocycles. The molecule has 0 unspecified atom stereocenters. The third-order valence-corrected chi connectivity index (χ3v) is 5.98. The second-order valence-electron chi connectivity index (χ2n) is 8.98. The highest BCUT2D eigenvalue weighted by molar-refractivity contribution is 5.93. The number of ether oxygens (including phenoxy) is 3. The average molecular weight is 476 g/mol. The number of rotatable bonds is 9. The number of nitrogens with one attached hydrogen (secondary N) is 1. The van der Waals surface area contributed by atoms with Gasteiger partial charge in [0.15, 0.2) is 0 Å². The van der Waals surface area contributed by atoms with Gasteiger partial charge in [0, 0.05) is 24.5 Å². The summed E-state index contributed by atoms with van der Waals surface area (Å²) < 4.78 is 22.5. The summed E-state index contributed by atoms with van der Waals surface area (Å²) in [4.78, 5) is 24.7. The lowest BCUT2D eigenvalue weighted by Crippen LogP contribution is -2.63. The number of anilines is 1. The number of aliphatic hydroxyl groups is 2. The minimum atomic E-state index is -1.36. The van der Waals surface area contributed by atoms with Crippen molar-refractivity contribution < 1.29 is 33.6 Å². The highest BCUT2D eigenvalue weighted by Crippen LogP contribution is 2.35. The number of hydrogen-bond donors (Lipinski definition) is 3. The highest BCUT2D eigenvalue weighted by Gasteiger charge is 2.50. The Kier molecular flexibility index (Phi) is 8.14. The lowest BCUT2D eigenvalue weighted by Gasteiger charge is -2.46. The summed E-state index contributed by atoms with van der Waals surface area (Å²) in [6, 6.07) is 4.88. The van der Waals surface area contributed by atoms with Crippen molar-refractivity contribution in [1.82, 2.24) is 0 Å². The number of benzene rings is 1. The van der Waals surface area contributed by atoms with Gasteiger partial charge in [-0.15, -0.1) is 6.58 Å². The molecule has 1 aliphatic heterocycles. The molecular formula is C25H33NO8. The minimum Gasteiger partial charge on any atom is -0.462 e. The van der Waals surface area contributed by atoms with Crippen molar-refractivity contribution in [1.29, 1.82) is 0 Å². The van der Waals surface area contributed by atoms with Crippen LogP contribution < -0.4 is 15.7 Å². The van der Waals surface area contributed by atoms with Crippen molar-refractivity contribution in [2.75, 3.05) is 12.4 Å². The topological polar surface area (TPSA) is 127 Å². The van der Waals surface area contributed by atoms with Crippen molar-refractivity contribution in [3.63, 3.8) is 0 Å². The quantitative estimate of drug-likeness (QED) is 0.287. The number of methoxy groups -OCH3 is 1. The molecule has 0 radical (unpaired) electrons. The summed E-state index contributed by atoms with van der Waals surface area (Å²) in [5.41, 5.74) is -0.745. The van der Waals surface area contributed by atoms with E-state index in [2.05, 4.69) is 11.9 Å². The summed E-state index contributed by atoms with van der Waals surface area (Å²) in [6.07, 6.45) is -0.00438. The third-order valence-electron chi connectivity index (χ3n) is 5.98. The Balaban J connectivity index is 1.79. The predicted molar refractivity (Wildman–Crippen MR) is 127 cm³/mol. The number of aliphatic hydroxyl groups excluding tert-OH is 2. The number of fused-ring (bicyclic) bond motifs is 1. The van der Waals surface area contributed by atoms with Gasteiger partial charge in [-0.3, -0.25) is 4.79 Å². The number of unbranched alkanes of at least 4 members (excludes halogenated alkanes) is 2. The molecule has 186 valence electrons. The molecule has 4 atom stereocenters. The van der Waals surface area contributed by atoms with E-state index in [1.54, 1.807) is 45.0 Å². The molecule has 9 heteroatoms. The first-order valence-electron chi connectivity index (χ1n) is 11.3. The van der Waals surface area contributed by atoms with Crippen LogP contribution in [-0.4, -0.2) is 53.4 Å². The Morgan fingerprint density at radius 3 is 2.68 bits per heavy atom. The van der Waals surface area contributed by atoms with E-state index < -0.39 is 35.8 Å². The summed E-state index contributed by atoms with van der Waals surface area (Å²) >= 11 is 0. The van der Waals surface area contributed by atoms with E-state index in [0.717, 1.165) is 12.8 Å². The van der Waals surface area contributed by atoms with Gasteiger partial charge < -0.3 is 34.2 Å². The first-order chi connectivity index (χ1) is 16.1. The fraction of sp³-hybridized carbons (Fsp3) is 0.520. The van der Waals surface area contributed by atoms with Crippen molar-refractivity contribution in [2.45, 2.75) is 76.7 Å². The van der Waals surface area contributed by atoms with Gasteiger partial charge in [-0.1, -0.05) is 6.08 Å². The van der Waals surface area contributed by atoms with Gasteiger partial charge >= 0.3 is 5.63 Å². The zero-order valence-electron chi connectivity index (χ0n) is 20.0. The lowest BCUT2D eigenvalue weighted by atomic mass is 9.89. The van der Waals surface area contributed by atoms with E-state index in [-0.39, 0.29) is 17.2 Å². The van der Waals surface area contributed by atoms with Gasteiger partial charge in [0.2, 0.25) is 12.2 Å². The number of amides is 1. The maximum Gasteiger partial charge on any atom is 0.360 e. The van der Waals surface area contributed by atoms with Crippen LogP contribution >= 0.6 is 0 Å². The molecule has 0 saturated carbocycles.